The smallest absolute Gasteiger partial charge is 0.123 e. The lowest BCUT2D eigenvalue weighted by Crippen LogP contribution is -2.45. The van der Waals surface area contributed by atoms with Gasteiger partial charge < -0.3 is 5.32 Å². The summed E-state index contributed by atoms with van der Waals surface area (Å²) in [5.74, 6) is -0.144. The lowest BCUT2D eigenvalue weighted by molar-refractivity contribution is 0.137. The van der Waals surface area contributed by atoms with Gasteiger partial charge in [-0.05, 0) is 49.9 Å². The van der Waals surface area contributed by atoms with E-state index in [1.165, 1.54) is 44.2 Å². The van der Waals surface area contributed by atoms with Crippen LogP contribution in [-0.4, -0.2) is 30.1 Å². The maximum Gasteiger partial charge on any atom is 0.123 e. The summed E-state index contributed by atoms with van der Waals surface area (Å²) in [4.78, 5) is 2.56. The minimum absolute atomic E-state index is 0.144. The number of hydrogen-bond acceptors (Lipinski definition) is 2. The quantitative estimate of drug-likeness (QED) is 0.877. The van der Waals surface area contributed by atoms with Gasteiger partial charge in [0.2, 0.25) is 0 Å². The average Bonchev–Trinajstić information content (AvgIpc) is 3.25. The Hall–Kier alpha value is -0.930. The largest absolute Gasteiger partial charge is 0.312 e. The Balaban J connectivity index is 1.57. The predicted molar refractivity (Wildman–Crippen MR) is 75.5 cm³/mol. The van der Waals surface area contributed by atoms with Gasteiger partial charge in [0, 0.05) is 25.2 Å². The van der Waals surface area contributed by atoms with Gasteiger partial charge in [0.1, 0.15) is 5.82 Å². The number of benzene rings is 1. The molecule has 1 aromatic carbocycles. The fraction of sp³-hybridized carbons (Fsp3) is 0.625. The molecule has 2 nitrogen and oxygen atoms in total. The van der Waals surface area contributed by atoms with Crippen LogP contribution < -0.4 is 5.32 Å². The maximum atomic E-state index is 12.9. The molecule has 1 N–H and O–H groups in total. The summed E-state index contributed by atoms with van der Waals surface area (Å²) >= 11 is 0. The molecule has 0 radical (unpaired) electrons. The normalized spacial score (nSPS) is 24.6. The number of nitrogens with one attached hydrogen (secondary N) is 1. The van der Waals surface area contributed by atoms with E-state index in [9.17, 15) is 4.39 Å². The van der Waals surface area contributed by atoms with E-state index < -0.39 is 0 Å². The van der Waals surface area contributed by atoms with Gasteiger partial charge in [-0.2, -0.15) is 0 Å². The van der Waals surface area contributed by atoms with Gasteiger partial charge in [-0.15, -0.1) is 0 Å². The van der Waals surface area contributed by atoms with Crippen LogP contribution in [0.2, 0.25) is 0 Å². The van der Waals surface area contributed by atoms with E-state index in [1.54, 1.807) is 12.1 Å². The van der Waals surface area contributed by atoms with Crippen molar-refractivity contribution in [3.63, 3.8) is 0 Å². The van der Waals surface area contributed by atoms with E-state index in [-0.39, 0.29) is 5.82 Å². The number of hydrogen-bond donors (Lipinski definition) is 1. The van der Waals surface area contributed by atoms with Crippen LogP contribution >= 0.6 is 0 Å². The van der Waals surface area contributed by atoms with Crippen LogP contribution in [0.5, 0.6) is 0 Å². The third kappa shape index (κ3) is 3.77. The van der Waals surface area contributed by atoms with Crippen LogP contribution in [0.1, 0.15) is 37.7 Å². The highest BCUT2D eigenvalue weighted by molar-refractivity contribution is 5.16. The van der Waals surface area contributed by atoms with E-state index >= 15 is 0 Å². The second kappa shape index (κ2) is 6.02. The molecule has 0 aromatic heterocycles. The summed E-state index contributed by atoms with van der Waals surface area (Å²) in [5.41, 5.74) is 1.22. The minimum Gasteiger partial charge on any atom is -0.312 e. The van der Waals surface area contributed by atoms with Gasteiger partial charge in [-0.1, -0.05) is 18.6 Å². The van der Waals surface area contributed by atoms with Gasteiger partial charge >= 0.3 is 0 Å². The number of rotatable bonds is 5. The summed E-state index contributed by atoms with van der Waals surface area (Å²) in [6.45, 7) is 3.25. The summed E-state index contributed by atoms with van der Waals surface area (Å²) in [7, 11) is 0. The van der Waals surface area contributed by atoms with E-state index in [4.69, 9.17) is 0 Å². The van der Waals surface area contributed by atoms with Gasteiger partial charge in [0.15, 0.2) is 0 Å². The van der Waals surface area contributed by atoms with Crippen LogP contribution in [0, 0.1) is 5.82 Å². The molecule has 1 aromatic rings. The monoisotopic (exact) mass is 262 g/mol. The molecule has 2 fully saturated rings. The zero-order valence-corrected chi connectivity index (χ0v) is 11.4. The van der Waals surface area contributed by atoms with Gasteiger partial charge in [0.05, 0.1) is 0 Å². The topological polar surface area (TPSA) is 15.3 Å². The van der Waals surface area contributed by atoms with Crippen LogP contribution in [0.15, 0.2) is 24.3 Å². The molecule has 104 valence electrons. The van der Waals surface area contributed by atoms with Crippen molar-refractivity contribution in [2.24, 2.45) is 0 Å². The molecule has 19 heavy (non-hydrogen) atoms. The van der Waals surface area contributed by atoms with Crippen molar-refractivity contribution in [2.75, 3.05) is 13.1 Å². The Morgan fingerprint density at radius 1 is 1.11 bits per heavy atom. The molecule has 1 saturated carbocycles. The first-order valence-corrected chi connectivity index (χ1v) is 7.53. The van der Waals surface area contributed by atoms with Crippen molar-refractivity contribution >= 4 is 0 Å². The van der Waals surface area contributed by atoms with E-state index in [0.717, 1.165) is 19.1 Å². The minimum atomic E-state index is -0.144. The van der Waals surface area contributed by atoms with Crippen molar-refractivity contribution in [2.45, 2.75) is 50.7 Å². The predicted octanol–water partition coefficient (Wildman–Crippen LogP) is 2.93. The Bertz CT molecular complexity index is 400. The first kappa shape index (κ1) is 13.1. The molecule has 1 aliphatic heterocycles. The number of likely N-dealkylation sites (tertiary alicyclic amines) is 1. The molecule has 1 aliphatic carbocycles. The van der Waals surface area contributed by atoms with E-state index in [0.29, 0.717) is 6.04 Å². The number of nitrogens with zero attached hydrogens (tertiary/aromatic N) is 1. The highest BCUT2D eigenvalue weighted by Gasteiger charge is 2.26. The Kier molecular flexibility index (Phi) is 4.14. The summed E-state index contributed by atoms with van der Waals surface area (Å²) < 4.78 is 12.9. The molecular weight excluding hydrogens is 239 g/mol. The fourth-order valence-electron chi connectivity index (χ4n) is 2.91. The van der Waals surface area contributed by atoms with Crippen LogP contribution in [-0.2, 0) is 6.54 Å². The molecular formula is C16H23FN2. The van der Waals surface area contributed by atoms with E-state index in [1.807, 2.05) is 12.1 Å². The molecule has 0 bridgehead atoms. The third-order valence-electron chi connectivity index (χ3n) is 4.27. The molecule has 0 amide bonds. The maximum absolute atomic E-state index is 12.9. The number of piperidine rings is 1. The van der Waals surface area contributed by atoms with Crippen molar-refractivity contribution in [1.29, 1.82) is 0 Å². The molecule has 1 heterocycles. The lowest BCUT2D eigenvalue weighted by atomic mass is 10.0. The molecule has 1 atom stereocenters. The van der Waals surface area contributed by atoms with Crippen molar-refractivity contribution < 1.29 is 4.39 Å². The second-order valence-electron chi connectivity index (χ2n) is 5.93. The highest BCUT2D eigenvalue weighted by atomic mass is 19.1. The molecule has 3 heteroatoms. The zero-order chi connectivity index (χ0) is 13.1. The van der Waals surface area contributed by atoms with Crippen molar-refractivity contribution in [3.8, 4) is 0 Å². The van der Waals surface area contributed by atoms with Gasteiger partial charge in [0.25, 0.3) is 0 Å². The average molecular weight is 262 g/mol. The lowest BCUT2D eigenvalue weighted by Gasteiger charge is -2.36. The summed E-state index contributed by atoms with van der Waals surface area (Å²) in [5, 5.41) is 3.65. The molecule has 1 unspecified atom stereocenters. The van der Waals surface area contributed by atoms with Crippen LogP contribution in [0.4, 0.5) is 4.39 Å². The molecule has 3 rings (SSSR count). The van der Waals surface area contributed by atoms with E-state index in [2.05, 4.69) is 10.2 Å². The van der Waals surface area contributed by atoms with Gasteiger partial charge in [-0.25, -0.2) is 4.39 Å². The summed E-state index contributed by atoms with van der Waals surface area (Å²) in [6.07, 6.45) is 6.63. The SMILES string of the molecule is Fc1ccc(CN2CCCCC2CNC2CC2)cc1. The Morgan fingerprint density at radius 3 is 2.63 bits per heavy atom. The third-order valence-corrected chi connectivity index (χ3v) is 4.27. The first-order chi connectivity index (χ1) is 9.31. The second-order valence-corrected chi connectivity index (χ2v) is 5.93. The highest BCUT2D eigenvalue weighted by Crippen LogP contribution is 2.22. The molecule has 0 spiro atoms. The van der Waals surface area contributed by atoms with Crippen LogP contribution in [0.25, 0.3) is 0 Å². The Labute approximate surface area is 115 Å². The summed E-state index contributed by atoms with van der Waals surface area (Å²) in [6, 6.07) is 8.40. The van der Waals surface area contributed by atoms with Gasteiger partial charge in [-0.3, -0.25) is 4.90 Å². The molecule has 2 aliphatic rings. The van der Waals surface area contributed by atoms with Crippen molar-refractivity contribution in [3.05, 3.63) is 35.6 Å². The standard InChI is InChI=1S/C16H23FN2/c17-14-6-4-13(5-7-14)12-19-10-2-1-3-16(19)11-18-15-8-9-15/h4-7,15-16,18H,1-3,8-12H2. The Morgan fingerprint density at radius 2 is 1.89 bits per heavy atom. The number of halogens is 1. The molecule has 1 saturated heterocycles. The first-order valence-electron chi connectivity index (χ1n) is 7.53. The zero-order valence-electron chi connectivity index (χ0n) is 11.4. The van der Waals surface area contributed by atoms with Crippen molar-refractivity contribution in [1.82, 2.24) is 10.2 Å². The fourth-order valence-corrected chi connectivity index (χ4v) is 2.91. The van der Waals surface area contributed by atoms with Crippen LogP contribution in [0.3, 0.4) is 0 Å².